The number of carboxylic acids is 1. The number of carbonyl (C=O) groups is 2. The number of nitrogens with zero attached hydrogens (tertiary/aromatic N) is 2. The first-order chi connectivity index (χ1) is 13.8. The molecule has 9 heteroatoms. The molecule has 0 aliphatic rings. The summed E-state index contributed by atoms with van der Waals surface area (Å²) in [6, 6.07) is 11.3. The van der Waals surface area contributed by atoms with Crippen molar-refractivity contribution in [2.45, 2.75) is 6.54 Å². The lowest BCUT2D eigenvalue weighted by Crippen LogP contribution is -2.29. The van der Waals surface area contributed by atoms with Crippen LogP contribution in [0.5, 0.6) is 5.75 Å². The molecule has 0 bridgehead atoms. The van der Waals surface area contributed by atoms with E-state index >= 15 is 0 Å². The molecule has 0 saturated heterocycles. The number of carboxylic acid groups (broad SMARTS) is 1. The Bertz CT molecular complexity index is 1160. The number of aromatic hydroxyl groups is 1. The molecule has 0 atom stereocenters. The van der Waals surface area contributed by atoms with Gasteiger partial charge >= 0.3 is 5.97 Å². The highest BCUT2D eigenvalue weighted by Gasteiger charge is 2.23. The zero-order valence-corrected chi connectivity index (χ0v) is 15.2. The van der Waals surface area contributed by atoms with Gasteiger partial charge in [0.2, 0.25) is 5.75 Å². The molecule has 0 radical (unpaired) electrons. The van der Waals surface area contributed by atoms with Crippen LogP contribution in [-0.4, -0.2) is 31.6 Å². The molecule has 1 aromatic heterocycles. The monoisotopic (exact) mass is 397 g/mol. The van der Waals surface area contributed by atoms with Gasteiger partial charge in [0.1, 0.15) is 11.6 Å². The highest BCUT2D eigenvalue weighted by atomic mass is 19.1. The third kappa shape index (κ3) is 3.98. The second-order valence-corrected chi connectivity index (χ2v) is 6.16. The van der Waals surface area contributed by atoms with Gasteiger partial charge < -0.3 is 15.5 Å². The maximum absolute atomic E-state index is 13.0. The summed E-state index contributed by atoms with van der Waals surface area (Å²) in [6.45, 7) is 0.0104. The van der Waals surface area contributed by atoms with Gasteiger partial charge in [0.25, 0.3) is 11.5 Å². The molecule has 8 nitrogen and oxygen atoms in total. The fourth-order valence-electron chi connectivity index (χ4n) is 2.72. The van der Waals surface area contributed by atoms with E-state index in [1.54, 1.807) is 6.07 Å². The Morgan fingerprint density at radius 3 is 2.45 bits per heavy atom. The van der Waals surface area contributed by atoms with Gasteiger partial charge in [-0.05, 0) is 23.8 Å². The molecule has 0 aliphatic heterocycles. The van der Waals surface area contributed by atoms with Crippen LogP contribution in [0.25, 0.3) is 11.4 Å². The average molecular weight is 397 g/mol. The highest BCUT2D eigenvalue weighted by Crippen LogP contribution is 2.23. The Morgan fingerprint density at radius 2 is 1.79 bits per heavy atom. The van der Waals surface area contributed by atoms with Crippen LogP contribution >= 0.6 is 0 Å². The van der Waals surface area contributed by atoms with Crippen molar-refractivity contribution in [1.82, 2.24) is 14.9 Å². The number of hydrogen-bond donors (Lipinski definition) is 3. The quantitative estimate of drug-likeness (QED) is 0.605. The van der Waals surface area contributed by atoms with E-state index in [0.717, 1.165) is 4.57 Å². The lowest BCUT2D eigenvalue weighted by molar-refractivity contribution is 0.0697. The molecule has 148 valence electrons. The van der Waals surface area contributed by atoms with Crippen molar-refractivity contribution in [2.24, 2.45) is 7.05 Å². The summed E-state index contributed by atoms with van der Waals surface area (Å²) in [5.41, 5.74) is -0.836. The molecule has 3 aromatic rings. The van der Waals surface area contributed by atoms with E-state index in [1.807, 2.05) is 0 Å². The molecule has 3 N–H and O–H groups in total. The molecule has 3 rings (SSSR count). The van der Waals surface area contributed by atoms with E-state index in [2.05, 4.69) is 10.3 Å². The van der Waals surface area contributed by atoms with Crippen LogP contribution in [0.15, 0.2) is 53.3 Å². The number of carbonyl (C=O) groups excluding carboxylic acids is 1. The first kappa shape index (κ1) is 19.7. The first-order valence-electron chi connectivity index (χ1n) is 8.45. The van der Waals surface area contributed by atoms with E-state index < -0.39 is 34.7 Å². The summed E-state index contributed by atoms with van der Waals surface area (Å²) in [7, 11) is 1.31. The largest absolute Gasteiger partial charge is 0.501 e. The number of aromatic carboxylic acids is 1. The van der Waals surface area contributed by atoms with E-state index in [9.17, 15) is 29.0 Å². The number of halogens is 1. The van der Waals surface area contributed by atoms with Crippen LogP contribution in [0.2, 0.25) is 0 Å². The topological polar surface area (TPSA) is 122 Å². The van der Waals surface area contributed by atoms with Gasteiger partial charge in [-0.25, -0.2) is 14.2 Å². The maximum Gasteiger partial charge on any atom is 0.336 e. The first-order valence-corrected chi connectivity index (χ1v) is 8.45. The number of amides is 1. The predicted molar refractivity (Wildman–Crippen MR) is 101 cm³/mol. The summed E-state index contributed by atoms with van der Waals surface area (Å²) in [5.74, 6) is -3.44. The minimum Gasteiger partial charge on any atom is -0.501 e. The van der Waals surface area contributed by atoms with Crippen molar-refractivity contribution in [1.29, 1.82) is 0 Å². The van der Waals surface area contributed by atoms with Crippen molar-refractivity contribution in [3.63, 3.8) is 0 Å². The van der Waals surface area contributed by atoms with Crippen LogP contribution < -0.4 is 10.9 Å². The van der Waals surface area contributed by atoms with Crippen molar-refractivity contribution in [3.05, 3.63) is 81.5 Å². The highest BCUT2D eigenvalue weighted by molar-refractivity contribution is 5.97. The summed E-state index contributed by atoms with van der Waals surface area (Å²) in [4.78, 5) is 40.4. The number of hydrogen-bond acceptors (Lipinski definition) is 5. The Hall–Kier alpha value is -4.01. The average Bonchev–Trinajstić information content (AvgIpc) is 2.71. The SMILES string of the molecule is Cn1c(-c2ccccc2C(=O)O)nc(C(=O)NCc2ccc(F)cc2)c(O)c1=O. The Kier molecular flexibility index (Phi) is 5.40. The van der Waals surface area contributed by atoms with Crippen molar-refractivity contribution >= 4 is 11.9 Å². The second kappa shape index (κ2) is 7.93. The van der Waals surface area contributed by atoms with Crippen molar-refractivity contribution in [3.8, 4) is 17.1 Å². The number of nitrogens with one attached hydrogen (secondary N) is 1. The minimum absolute atomic E-state index is 0.0104. The fraction of sp³-hybridized carbons (Fsp3) is 0.100. The summed E-state index contributed by atoms with van der Waals surface area (Å²) >= 11 is 0. The van der Waals surface area contributed by atoms with Crippen LogP contribution in [-0.2, 0) is 13.6 Å². The van der Waals surface area contributed by atoms with E-state index in [-0.39, 0.29) is 23.5 Å². The van der Waals surface area contributed by atoms with Crippen LogP contribution in [0.4, 0.5) is 4.39 Å². The van der Waals surface area contributed by atoms with Gasteiger partial charge in [0.15, 0.2) is 5.69 Å². The van der Waals surface area contributed by atoms with Crippen LogP contribution in [0.3, 0.4) is 0 Å². The third-order valence-electron chi connectivity index (χ3n) is 4.25. The molecular weight excluding hydrogens is 381 g/mol. The molecule has 0 fully saturated rings. The predicted octanol–water partition coefficient (Wildman–Crippen LogP) is 1.92. The molecule has 0 unspecified atom stereocenters. The van der Waals surface area contributed by atoms with Gasteiger partial charge in [0.05, 0.1) is 5.56 Å². The fourth-order valence-corrected chi connectivity index (χ4v) is 2.72. The number of rotatable bonds is 5. The second-order valence-electron chi connectivity index (χ2n) is 6.16. The van der Waals surface area contributed by atoms with Gasteiger partial charge in [-0.1, -0.05) is 30.3 Å². The molecular formula is C20H16FN3O5. The van der Waals surface area contributed by atoms with Crippen LogP contribution in [0, 0.1) is 5.82 Å². The molecule has 0 spiro atoms. The van der Waals surface area contributed by atoms with Crippen molar-refractivity contribution in [2.75, 3.05) is 0 Å². The van der Waals surface area contributed by atoms with Gasteiger partial charge in [0, 0.05) is 19.2 Å². The smallest absolute Gasteiger partial charge is 0.336 e. The number of benzene rings is 2. The van der Waals surface area contributed by atoms with E-state index in [0.29, 0.717) is 5.56 Å². The van der Waals surface area contributed by atoms with Gasteiger partial charge in [-0.3, -0.25) is 14.2 Å². The minimum atomic E-state index is -1.23. The molecule has 1 heterocycles. The molecule has 0 aliphatic carbocycles. The lowest BCUT2D eigenvalue weighted by atomic mass is 10.1. The number of aromatic nitrogens is 2. The Labute approximate surface area is 163 Å². The molecule has 29 heavy (non-hydrogen) atoms. The van der Waals surface area contributed by atoms with E-state index in [1.165, 1.54) is 49.5 Å². The summed E-state index contributed by atoms with van der Waals surface area (Å²) in [5, 5.41) is 22.0. The standard InChI is InChI=1S/C20H16FN3O5/c1-24-17(13-4-2-3-5-14(13)20(28)29)23-15(16(25)19(24)27)18(26)22-10-11-6-8-12(21)9-7-11/h2-9,25H,10H2,1H3,(H,22,26)(H,28,29). The third-order valence-corrected chi connectivity index (χ3v) is 4.25. The molecule has 2 aromatic carbocycles. The lowest BCUT2D eigenvalue weighted by Gasteiger charge is -2.13. The maximum atomic E-state index is 13.0. The van der Waals surface area contributed by atoms with Crippen molar-refractivity contribution < 1.29 is 24.2 Å². The van der Waals surface area contributed by atoms with E-state index in [4.69, 9.17) is 0 Å². The van der Waals surface area contributed by atoms with Gasteiger partial charge in [-0.2, -0.15) is 0 Å². The van der Waals surface area contributed by atoms with Crippen LogP contribution in [0.1, 0.15) is 26.4 Å². The zero-order chi connectivity index (χ0) is 21.1. The summed E-state index contributed by atoms with van der Waals surface area (Å²) in [6.07, 6.45) is 0. The zero-order valence-electron chi connectivity index (χ0n) is 15.2. The molecule has 0 saturated carbocycles. The Balaban J connectivity index is 2.00. The Morgan fingerprint density at radius 1 is 1.14 bits per heavy atom. The molecule has 1 amide bonds. The van der Waals surface area contributed by atoms with Gasteiger partial charge in [-0.15, -0.1) is 0 Å². The summed E-state index contributed by atoms with van der Waals surface area (Å²) < 4.78 is 13.9. The normalized spacial score (nSPS) is 10.6.